The highest BCUT2D eigenvalue weighted by Gasteiger charge is 2.34. The molecule has 0 spiro atoms. The molecule has 1 aliphatic rings. The molecule has 1 aliphatic heterocycles. The van der Waals surface area contributed by atoms with E-state index in [2.05, 4.69) is 27.3 Å². The van der Waals surface area contributed by atoms with E-state index in [0.29, 0.717) is 18.4 Å². The van der Waals surface area contributed by atoms with Crippen molar-refractivity contribution in [1.82, 2.24) is 19.7 Å². The number of aryl methyl sites for hydroxylation is 2. The largest absolute Gasteiger partial charge is 0.481 e. The van der Waals surface area contributed by atoms with Gasteiger partial charge in [0.15, 0.2) is 0 Å². The molecule has 22 heavy (non-hydrogen) atoms. The molecule has 0 aliphatic carbocycles. The van der Waals surface area contributed by atoms with Crippen LogP contribution in [0.5, 0.6) is 5.88 Å². The van der Waals surface area contributed by atoms with Gasteiger partial charge < -0.3 is 14.8 Å². The van der Waals surface area contributed by atoms with Gasteiger partial charge in [-0.25, -0.2) is 4.98 Å². The summed E-state index contributed by atoms with van der Waals surface area (Å²) in [6, 6.07) is 1.84. The van der Waals surface area contributed by atoms with Crippen molar-refractivity contribution in [3.63, 3.8) is 0 Å². The van der Waals surface area contributed by atoms with Crippen molar-refractivity contribution in [1.29, 1.82) is 0 Å². The van der Waals surface area contributed by atoms with Crippen LogP contribution in [0.3, 0.4) is 0 Å². The van der Waals surface area contributed by atoms with E-state index < -0.39 is 0 Å². The quantitative estimate of drug-likeness (QED) is 0.928. The Labute approximate surface area is 129 Å². The van der Waals surface area contributed by atoms with Crippen molar-refractivity contribution in [3.05, 3.63) is 29.2 Å². The molecule has 0 amide bonds. The summed E-state index contributed by atoms with van der Waals surface area (Å²) in [5, 5.41) is 7.85. The van der Waals surface area contributed by atoms with Crippen LogP contribution < -0.4 is 10.1 Å². The van der Waals surface area contributed by atoms with Crippen molar-refractivity contribution >= 4 is 5.95 Å². The van der Waals surface area contributed by atoms with Crippen LogP contribution in [0.1, 0.15) is 29.5 Å². The highest BCUT2D eigenvalue weighted by atomic mass is 16.5. The maximum Gasteiger partial charge on any atom is 0.226 e. The molecule has 0 unspecified atom stereocenters. The van der Waals surface area contributed by atoms with Crippen LogP contribution >= 0.6 is 0 Å². The second-order valence-corrected chi connectivity index (χ2v) is 5.46. The fourth-order valence-corrected chi connectivity index (χ4v) is 2.91. The second-order valence-electron chi connectivity index (χ2n) is 5.46. The summed E-state index contributed by atoms with van der Waals surface area (Å²) in [5.74, 6) is 1.10. The van der Waals surface area contributed by atoms with Crippen molar-refractivity contribution in [2.75, 3.05) is 19.0 Å². The molecular weight excluding hydrogens is 282 g/mol. The molecule has 3 rings (SSSR count). The average Bonchev–Trinajstić information content (AvgIpc) is 3.04. The summed E-state index contributed by atoms with van der Waals surface area (Å²) in [6.07, 6.45) is 2.54. The minimum atomic E-state index is -0.0384. The Hall–Kier alpha value is -2.15. The molecule has 7 heteroatoms. The number of nitrogens with one attached hydrogen (secondary N) is 1. The van der Waals surface area contributed by atoms with Crippen LogP contribution in [0.15, 0.2) is 12.3 Å². The Balaban J connectivity index is 1.84. The number of ether oxygens (including phenoxy) is 2. The van der Waals surface area contributed by atoms with Gasteiger partial charge in [-0.15, -0.1) is 0 Å². The zero-order valence-electron chi connectivity index (χ0n) is 13.3. The third-order valence-corrected chi connectivity index (χ3v) is 4.09. The second kappa shape index (κ2) is 5.92. The highest BCUT2D eigenvalue weighted by molar-refractivity contribution is 5.35. The molecule has 3 heterocycles. The Morgan fingerprint density at radius 2 is 2.23 bits per heavy atom. The molecule has 1 fully saturated rings. The van der Waals surface area contributed by atoms with Crippen LogP contribution in [0, 0.1) is 13.8 Å². The maximum atomic E-state index is 5.95. The van der Waals surface area contributed by atoms with E-state index in [-0.39, 0.29) is 12.1 Å². The van der Waals surface area contributed by atoms with Crippen LogP contribution in [-0.2, 0) is 11.8 Å². The first-order valence-electron chi connectivity index (χ1n) is 7.35. The zero-order chi connectivity index (χ0) is 15.7. The normalized spacial score (nSPS) is 21.1. The average molecular weight is 303 g/mol. The van der Waals surface area contributed by atoms with Gasteiger partial charge in [-0.05, 0) is 20.3 Å². The van der Waals surface area contributed by atoms with Gasteiger partial charge in [0.25, 0.3) is 0 Å². The van der Waals surface area contributed by atoms with Gasteiger partial charge in [-0.2, -0.15) is 10.1 Å². The smallest absolute Gasteiger partial charge is 0.226 e. The minimum absolute atomic E-state index is 0.0384. The number of nitrogens with zero attached hydrogens (tertiary/aromatic N) is 4. The molecule has 0 aromatic carbocycles. The summed E-state index contributed by atoms with van der Waals surface area (Å²) in [6.45, 7) is 4.79. The molecule has 2 aromatic heterocycles. The highest BCUT2D eigenvalue weighted by Crippen LogP contribution is 2.34. The molecule has 0 saturated carbocycles. The van der Waals surface area contributed by atoms with E-state index in [4.69, 9.17) is 9.47 Å². The van der Waals surface area contributed by atoms with Crippen molar-refractivity contribution < 1.29 is 9.47 Å². The molecule has 0 radical (unpaired) electrons. The number of hydrogen-bond donors (Lipinski definition) is 1. The van der Waals surface area contributed by atoms with Gasteiger partial charge in [0, 0.05) is 37.2 Å². The van der Waals surface area contributed by atoms with Gasteiger partial charge in [0.05, 0.1) is 18.8 Å². The number of aromatic nitrogens is 4. The summed E-state index contributed by atoms with van der Waals surface area (Å²) in [5.41, 5.74) is 3.29. The van der Waals surface area contributed by atoms with Crippen molar-refractivity contribution in [3.8, 4) is 5.88 Å². The molecule has 0 bridgehead atoms. The summed E-state index contributed by atoms with van der Waals surface area (Å²) >= 11 is 0. The van der Waals surface area contributed by atoms with Gasteiger partial charge in [0.2, 0.25) is 11.8 Å². The predicted molar refractivity (Wildman–Crippen MR) is 82.0 cm³/mol. The third kappa shape index (κ3) is 2.64. The van der Waals surface area contributed by atoms with Gasteiger partial charge in [0.1, 0.15) is 6.10 Å². The number of rotatable bonds is 4. The van der Waals surface area contributed by atoms with E-state index in [1.165, 1.54) is 0 Å². The zero-order valence-corrected chi connectivity index (χ0v) is 13.3. The summed E-state index contributed by atoms with van der Waals surface area (Å²) in [4.78, 5) is 8.56. The van der Waals surface area contributed by atoms with E-state index in [1.807, 2.05) is 18.7 Å². The first-order chi connectivity index (χ1) is 10.6. The van der Waals surface area contributed by atoms with E-state index in [1.54, 1.807) is 19.4 Å². The lowest BCUT2D eigenvalue weighted by Gasteiger charge is -2.20. The Morgan fingerprint density at radius 1 is 1.41 bits per heavy atom. The monoisotopic (exact) mass is 303 g/mol. The lowest BCUT2D eigenvalue weighted by Crippen LogP contribution is -2.25. The van der Waals surface area contributed by atoms with Gasteiger partial charge >= 0.3 is 0 Å². The molecule has 118 valence electrons. The fourth-order valence-electron chi connectivity index (χ4n) is 2.91. The molecule has 1 saturated heterocycles. The molecular formula is C15H21N5O2. The number of anilines is 1. The van der Waals surface area contributed by atoms with Crippen LogP contribution in [0.4, 0.5) is 5.95 Å². The van der Waals surface area contributed by atoms with Crippen LogP contribution in [0.25, 0.3) is 0 Å². The standard InChI is InChI=1S/C15H21N5O2/c1-9-13(10(2)20(3)19-9)14-11(6-8-22-14)17-15-16-7-5-12(18-15)21-4/h5,7,11,14H,6,8H2,1-4H3,(H,16,17,18)/t11-,14-/m0/s1. The van der Waals surface area contributed by atoms with E-state index in [0.717, 1.165) is 23.4 Å². The topological polar surface area (TPSA) is 74.1 Å². The Kier molecular flexibility index (Phi) is 3.98. The van der Waals surface area contributed by atoms with Crippen molar-refractivity contribution in [2.45, 2.75) is 32.4 Å². The van der Waals surface area contributed by atoms with E-state index in [9.17, 15) is 0 Å². The first kappa shape index (κ1) is 14.8. The Morgan fingerprint density at radius 3 is 2.91 bits per heavy atom. The predicted octanol–water partition coefficient (Wildman–Crippen LogP) is 1.78. The molecule has 7 nitrogen and oxygen atoms in total. The van der Waals surface area contributed by atoms with Gasteiger partial charge in [-0.1, -0.05) is 0 Å². The Bertz CT molecular complexity index is 670. The number of methoxy groups -OCH3 is 1. The lowest BCUT2D eigenvalue weighted by atomic mass is 10.0. The molecule has 1 N–H and O–H groups in total. The van der Waals surface area contributed by atoms with Crippen LogP contribution in [0.2, 0.25) is 0 Å². The molecule has 2 atom stereocenters. The SMILES string of the molecule is COc1ccnc(N[C@H]2CCO[C@@H]2c2c(C)nn(C)c2C)n1. The first-order valence-corrected chi connectivity index (χ1v) is 7.35. The van der Waals surface area contributed by atoms with Crippen molar-refractivity contribution in [2.24, 2.45) is 7.05 Å². The summed E-state index contributed by atoms with van der Waals surface area (Å²) < 4.78 is 13.0. The third-order valence-electron chi connectivity index (χ3n) is 4.09. The minimum Gasteiger partial charge on any atom is -0.481 e. The van der Waals surface area contributed by atoms with Crippen LogP contribution in [-0.4, -0.2) is 39.5 Å². The van der Waals surface area contributed by atoms with Gasteiger partial charge in [-0.3, -0.25) is 4.68 Å². The maximum absolute atomic E-state index is 5.95. The van der Waals surface area contributed by atoms with E-state index >= 15 is 0 Å². The molecule has 2 aromatic rings. The number of hydrogen-bond acceptors (Lipinski definition) is 6. The lowest BCUT2D eigenvalue weighted by molar-refractivity contribution is 0.106. The summed E-state index contributed by atoms with van der Waals surface area (Å²) in [7, 11) is 3.55. The fraction of sp³-hybridized carbons (Fsp3) is 0.533.